The first-order valence-electron chi connectivity index (χ1n) is 6.86. The molecule has 0 heterocycles. The summed E-state index contributed by atoms with van der Waals surface area (Å²) in [6, 6.07) is 6.75. The quantitative estimate of drug-likeness (QED) is 0.709. The maximum atomic E-state index is 11.7. The van der Waals surface area contributed by atoms with E-state index in [1.165, 1.54) is 0 Å². The number of esters is 1. The Morgan fingerprint density at radius 1 is 1.24 bits per heavy atom. The molecule has 0 aromatic heterocycles. The molecule has 1 atom stereocenters. The molecule has 0 aliphatic carbocycles. The second-order valence-corrected chi connectivity index (χ2v) is 4.58. The predicted molar refractivity (Wildman–Crippen MR) is 80.4 cm³/mol. The van der Waals surface area contributed by atoms with E-state index in [1.54, 1.807) is 38.3 Å². The fourth-order valence-corrected chi connectivity index (χ4v) is 1.74. The highest BCUT2D eigenvalue weighted by Crippen LogP contribution is 2.10. The van der Waals surface area contributed by atoms with E-state index in [-0.39, 0.29) is 24.5 Å². The van der Waals surface area contributed by atoms with Crippen LogP contribution in [0.15, 0.2) is 24.3 Å². The van der Waals surface area contributed by atoms with E-state index < -0.39 is 0 Å². The first-order chi connectivity index (χ1) is 10.1. The molecule has 1 unspecified atom stereocenters. The number of carbonyl (C=O) groups excluding carboxylic acids is 2. The lowest BCUT2D eigenvalue weighted by molar-refractivity contribution is -0.120. The third-order valence-electron chi connectivity index (χ3n) is 2.67. The minimum Gasteiger partial charge on any atom is -0.462 e. The van der Waals surface area contributed by atoms with Crippen LogP contribution in [0.2, 0.25) is 0 Å². The summed E-state index contributed by atoms with van der Waals surface area (Å²) in [6.07, 6.45) is 0. The number of anilines is 1. The lowest BCUT2D eigenvalue weighted by Gasteiger charge is -2.13. The monoisotopic (exact) mass is 294 g/mol. The molecule has 0 saturated heterocycles. The third kappa shape index (κ3) is 6.27. The molecule has 21 heavy (non-hydrogen) atoms. The summed E-state index contributed by atoms with van der Waals surface area (Å²) in [4.78, 5) is 23.1. The Kier molecular flexibility index (Phi) is 7.25. The zero-order valence-corrected chi connectivity index (χ0v) is 12.6. The molecular formula is C15H22N2O4. The topological polar surface area (TPSA) is 76.7 Å². The van der Waals surface area contributed by atoms with Gasteiger partial charge in [0.25, 0.3) is 0 Å². The summed E-state index contributed by atoms with van der Waals surface area (Å²) >= 11 is 0. The van der Waals surface area contributed by atoms with E-state index in [0.717, 1.165) is 5.69 Å². The molecular weight excluding hydrogens is 272 g/mol. The molecule has 0 saturated carbocycles. The summed E-state index contributed by atoms with van der Waals surface area (Å²) in [6.45, 7) is 4.61. The van der Waals surface area contributed by atoms with Gasteiger partial charge in [0, 0.05) is 18.8 Å². The van der Waals surface area contributed by atoms with Crippen molar-refractivity contribution in [1.29, 1.82) is 0 Å². The van der Waals surface area contributed by atoms with Crippen molar-refractivity contribution in [2.24, 2.45) is 0 Å². The van der Waals surface area contributed by atoms with Crippen LogP contribution < -0.4 is 10.6 Å². The van der Waals surface area contributed by atoms with Gasteiger partial charge >= 0.3 is 5.97 Å². The van der Waals surface area contributed by atoms with Crippen LogP contribution in [0, 0.1) is 0 Å². The van der Waals surface area contributed by atoms with Gasteiger partial charge < -0.3 is 20.1 Å². The van der Waals surface area contributed by atoms with Gasteiger partial charge in [0.05, 0.1) is 25.3 Å². The molecule has 0 radical (unpaired) electrons. The average molecular weight is 294 g/mol. The molecule has 1 aromatic carbocycles. The van der Waals surface area contributed by atoms with Crippen LogP contribution in [0.25, 0.3) is 0 Å². The minimum atomic E-state index is -0.352. The van der Waals surface area contributed by atoms with Crippen LogP contribution in [0.4, 0.5) is 5.69 Å². The van der Waals surface area contributed by atoms with E-state index in [1.807, 2.05) is 6.92 Å². The third-order valence-corrected chi connectivity index (χ3v) is 2.67. The molecule has 0 aliphatic heterocycles. The fourth-order valence-electron chi connectivity index (χ4n) is 1.74. The van der Waals surface area contributed by atoms with Crippen LogP contribution in [0.5, 0.6) is 0 Å². The van der Waals surface area contributed by atoms with E-state index in [4.69, 9.17) is 9.47 Å². The Morgan fingerprint density at radius 3 is 2.48 bits per heavy atom. The van der Waals surface area contributed by atoms with Gasteiger partial charge in [-0.1, -0.05) is 0 Å². The van der Waals surface area contributed by atoms with Crippen molar-refractivity contribution in [1.82, 2.24) is 5.32 Å². The molecule has 1 rings (SSSR count). The molecule has 0 aliphatic rings. The second kappa shape index (κ2) is 8.97. The number of methoxy groups -OCH3 is 1. The van der Waals surface area contributed by atoms with Crippen molar-refractivity contribution in [3.63, 3.8) is 0 Å². The number of hydrogen-bond donors (Lipinski definition) is 2. The zero-order chi connectivity index (χ0) is 15.7. The van der Waals surface area contributed by atoms with Crippen molar-refractivity contribution < 1.29 is 19.1 Å². The first kappa shape index (κ1) is 17.0. The zero-order valence-electron chi connectivity index (χ0n) is 12.6. The van der Waals surface area contributed by atoms with E-state index >= 15 is 0 Å². The van der Waals surface area contributed by atoms with E-state index in [2.05, 4.69) is 10.6 Å². The number of amides is 1. The van der Waals surface area contributed by atoms with Gasteiger partial charge in [-0.05, 0) is 38.1 Å². The molecule has 2 N–H and O–H groups in total. The Bertz CT molecular complexity index is 459. The van der Waals surface area contributed by atoms with Gasteiger partial charge in [0.2, 0.25) is 5.91 Å². The first-order valence-corrected chi connectivity index (χ1v) is 6.86. The van der Waals surface area contributed by atoms with Gasteiger partial charge in [-0.25, -0.2) is 4.79 Å². The van der Waals surface area contributed by atoms with Crippen LogP contribution in [-0.4, -0.2) is 44.8 Å². The van der Waals surface area contributed by atoms with E-state index in [9.17, 15) is 9.59 Å². The largest absolute Gasteiger partial charge is 0.462 e. The molecule has 0 fully saturated rings. The Hall–Kier alpha value is -2.08. The van der Waals surface area contributed by atoms with Crippen LogP contribution in [0.1, 0.15) is 24.2 Å². The highest BCUT2D eigenvalue weighted by molar-refractivity contribution is 5.90. The summed E-state index contributed by atoms with van der Waals surface area (Å²) < 4.78 is 9.84. The number of carbonyl (C=O) groups is 2. The maximum Gasteiger partial charge on any atom is 0.338 e. The Labute approximate surface area is 124 Å². The van der Waals surface area contributed by atoms with Crippen LogP contribution in [0.3, 0.4) is 0 Å². The van der Waals surface area contributed by atoms with E-state index in [0.29, 0.717) is 18.8 Å². The molecule has 116 valence electrons. The van der Waals surface area contributed by atoms with Crippen LogP contribution >= 0.6 is 0 Å². The Balaban J connectivity index is 2.42. The number of rotatable bonds is 8. The van der Waals surface area contributed by atoms with Crippen molar-refractivity contribution in [2.75, 3.05) is 32.2 Å². The number of benzene rings is 1. The summed E-state index contributed by atoms with van der Waals surface area (Å²) in [5.41, 5.74) is 1.25. The van der Waals surface area contributed by atoms with Crippen molar-refractivity contribution in [3.05, 3.63) is 29.8 Å². The highest BCUT2D eigenvalue weighted by atomic mass is 16.5. The fraction of sp³-hybridized carbons (Fsp3) is 0.467. The van der Waals surface area contributed by atoms with Gasteiger partial charge in [-0.15, -0.1) is 0 Å². The second-order valence-electron chi connectivity index (χ2n) is 4.58. The minimum absolute atomic E-state index is 0.0320. The number of nitrogens with one attached hydrogen (secondary N) is 2. The van der Waals surface area contributed by atoms with Crippen molar-refractivity contribution in [3.8, 4) is 0 Å². The molecule has 6 heteroatoms. The predicted octanol–water partition coefficient (Wildman–Crippen LogP) is 1.43. The summed E-state index contributed by atoms with van der Waals surface area (Å²) in [5, 5.41) is 5.78. The Morgan fingerprint density at radius 2 is 1.90 bits per heavy atom. The molecule has 6 nitrogen and oxygen atoms in total. The molecule has 1 aromatic rings. The number of hydrogen-bond acceptors (Lipinski definition) is 5. The van der Waals surface area contributed by atoms with Crippen molar-refractivity contribution in [2.45, 2.75) is 19.9 Å². The van der Waals surface area contributed by atoms with Crippen molar-refractivity contribution >= 4 is 17.6 Å². The highest BCUT2D eigenvalue weighted by Gasteiger charge is 2.08. The van der Waals surface area contributed by atoms with Gasteiger partial charge in [0.1, 0.15) is 0 Å². The number of ether oxygens (including phenoxy) is 2. The molecule has 0 spiro atoms. The summed E-state index contributed by atoms with van der Waals surface area (Å²) in [7, 11) is 1.59. The standard InChI is InChI=1S/C15H22N2O4/c1-4-21-15(19)12-5-7-13(8-6-12)16-9-14(18)17-11(2)10-20-3/h5-8,11,16H,4,9-10H2,1-3H3,(H,17,18). The lowest BCUT2D eigenvalue weighted by Crippen LogP contribution is -2.39. The maximum absolute atomic E-state index is 11.7. The van der Waals surface area contributed by atoms with Gasteiger partial charge in [0.15, 0.2) is 0 Å². The molecule has 0 bridgehead atoms. The smallest absolute Gasteiger partial charge is 0.338 e. The van der Waals surface area contributed by atoms with Crippen LogP contribution in [-0.2, 0) is 14.3 Å². The lowest BCUT2D eigenvalue weighted by atomic mass is 10.2. The normalized spacial score (nSPS) is 11.6. The average Bonchev–Trinajstić information content (AvgIpc) is 2.46. The molecule has 1 amide bonds. The van der Waals surface area contributed by atoms with Gasteiger partial charge in [-0.3, -0.25) is 4.79 Å². The van der Waals surface area contributed by atoms with Gasteiger partial charge in [-0.2, -0.15) is 0 Å². The SMILES string of the molecule is CCOC(=O)c1ccc(NCC(=O)NC(C)COC)cc1. The summed E-state index contributed by atoms with van der Waals surface area (Å²) in [5.74, 6) is -0.468.